The van der Waals surface area contributed by atoms with Crippen LogP contribution in [0.3, 0.4) is 0 Å². The zero-order valence-corrected chi connectivity index (χ0v) is 28.9. The van der Waals surface area contributed by atoms with Crippen molar-refractivity contribution >= 4 is 46.4 Å². The van der Waals surface area contributed by atoms with Crippen LogP contribution in [0.5, 0.6) is 0 Å². The molecule has 0 saturated carbocycles. The molecule has 0 unspecified atom stereocenters. The summed E-state index contributed by atoms with van der Waals surface area (Å²) in [4.78, 5) is 18.4. The molecule has 4 nitrogen and oxygen atoms in total. The first kappa shape index (κ1) is 30.6. The molecule has 0 saturated heterocycles. The number of hydrogen-bond acceptors (Lipinski definition) is 2. The highest BCUT2D eigenvalue weighted by Gasteiger charge is 2.23. The SMILES string of the molecule is Cc1ccc(-c2c3nc(c(-c4ccc(C)cc4)c4ccc([nH]4)c(C(C)(C)C)c4nc(c(-c5ccc(C)cc5)c5ccc2[nH]5)C=C4)C=C3)cc1. The molecular formula is C45H40N4. The van der Waals surface area contributed by atoms with E-state index in [2.05, 4.69) is 173 Å². The number of nitrogens with one attached hydrogen (secondary N) is 2. The number of H-pyrrole nitrogens is 2. The Morgan fingerprint density at radius 3 is 1.06 bits per heavy atom. The zero-order chi connectivity index (χ0) is 33.9. The van der Waals surface area contributed by atoms with Gasteiger partial charge in [-0.15, -0.1) is 0 Å². The maximum Gasteiger partial charge on any atom is 0.0737 e. The average Bonchev–Trinajstić information content (AvgIpc) is 3.90. The predicted molar refractivity (Wildman–Crippen MR) is 208 cm³/mol. The maximum atomic E-state index is 5.39. The summed E-state index contributed by atoms with van der Waals surface area (Å²) in [6.07, 6.45) is 8.65. The molecule has 2 N–H and O–H groups in total. The van der Waals surface area contributed by atoms with Crippen LogP contribution in [0.4, 0.5) is 0 Å². The third-order valence-electron chi connectivity index (χ3n) is 9.52. The Labute approximate surface area is 288 Å². The van der Waals surface area contributed by atoms with Gasteiger partial charge < -0.3 is 9.97 Å². The van der Waals surface area contributed by atoms with Gasteiger partial charge >= 0.3 is 0 Å². The molecular weight excluding hydrogens is 597 g/mol. The van der Waals surface area contributed by atoms with Gasteiger partial charge in [0.2, 0.25) is 0 Å². The smallest absolute Gasteiger partial charge is 0.0737 e. The van der Waals surface area contributed by atoms with E-state index >= 15 is 0 Å². The van der Waals surface area contributed by atoms with Crippen LogP contribution in [0.1, 0.15) is 65.8 Å². The van der Waals surface area contributed by atoms with E-state index in [0.717, 1.165) is 78.2 Å². The summed E-state index contributed by atoms with van der Waals surface area (Å²) >= 11 is 0. The number of hydrogen-bond donors (Lipinski definition) is 2. The monoisotopic (exact) mass is 636 g/mol. The number of rotatable bonds is 3. The lowest BCUT2D eigenvalue weighted by Crippen LogP contribution is -2.13. The van der Waals surface area contributed by atoms with Crippen molar-refractivity contribution in [2.45, 2.75) is 47.0 Å². The summed E-state index contributed by atoms with van der Waals surface area (Å²) in [6.45, 7) is 13.2. The minimum atomic E-state index is -0.177. The maximum absolute atomic E-state index is 5.39. The molecule has 2 aliphatic heterocycles. The first-order valence-corrected chi connectivity index (χ1v) is 17.0. The fraction of sp³-hybridized carbons (Fsp3) is 0.156. The summed E-state index contributed by atoms with van der Waals surface area (Å²) in [5, 5.41) is 0. The standard InChI is InChI=1S/C45H40N4/c1-27-7-13-30(14-8-27)41-33-19-21-35(46-33)42(31-15-9-28(2)10-16-31)37-23-25-39(48-37)44(45(4,5)6)40-26-24-38(49-40)43(36-22-20-34(41)47-36)32-17-11-29(3)12-18-32/h7-26,46,49H,1-6H3. The molecule has 3 aromatic heterocycles. The lowest BCUT2D eigenvalue weighted by atomic mass is 9.85. The summed E-state index contributed by atoms with van der Waals surface area (Å²) < 4.78 is 0. The first-order valence-electron chi connectivity index (χ1n) is 17.0. The quantitative estimate of drug-likeness (QED) is 0.203. The van der Waals surface area contributed by atoms with Crippen LogP contribution in [-0.2, 0) is 5.41 Å². The molecule has 0 atom stereocenters. The van der Waals surface area contributed by atoms with E-state index in [1.165, 1.54) is 22.3 Å². The molecule has 2 aliphatic rings. The molecule has 0 aliphatic carbocycles. The van der Waals surface area contributed by atoms with Crippen LogP contribution in [-0.4, -0.2) is 19.9 Å². The Morgan fingerprint density at radius 1 is 0.388 bits per heavy atom. The Bertz CT molecular complexity index is 2420. The van der Waals surface area contributed by atoms with E-state index in [9.17, 15) is 0 Å². The molecule has 49 heavy (non-hydrogen) atoms. The summed E-state index contributed by atoms with van der Waals surface area (Å²) in [5.41, 5.74) is 19.1. The van der Waals surface area contributed by atoms with Crippen molar-refractivity contribution in [1.82, 2.24) is 19.9 Å². The van der Waals surface area contributed by atoms with Gasteiger partial charge in [-0.2, -0.15) is 0 Å². The van der Waals surface area contributed by atoms with Gasteiger partial charge in [0, 0.05) is 44.3 Å². The van der Waals surface area contributed by atoms with Crippen LogP contribution in [0.25, 0.3) is 79.8 Å². The largest absolute Gasteiger partial charge is 0.355 e. The predicted octanol–water partition coefficient (Wildman–Crippen LogP) is 11.9. The topological polar surface area (TPSA) is 57.4 Å². The van der Waals surface area contributed by atoms with Gasteiger partial charge in [-0.25, -0.2) is 9.97 Å². The van der Waals surface area contributed by atoms with E-state index in [-0.39, 0.29) is 5.41 Å². The van der Waals surface area contributed by atoms with Gasteiger partial charge in [0.15, 0.2) is 0 Å². The van der Waals surface area contributed by atoms with E-state index in [4.69, 9.17) is 9.97 Å². The van der Waals surface area contributed by atoms with Gasteiger partial charge in [-0.1, -0.05) is 110 Å². The van der Waals surface area contributed by atoms with Gasteiger partial charge in [0.25, 0.3) is 0 Å². The normalized spacial score (nSPS) is 12.5. The second-order valence-electron chi connectivity index (χ2n) is 14.4. The van der Waals surface area contributed by atoms with Crippen LogP contribution >= 0.6 is 0 Å². The van der Waals surface area contributed by atoms with E-state index in [1.54, 1.807) is 0 Å². The molecule has 5 heterocycles. The minimum absolute atomic E-state index is 0.177. The zero-order valence-electron chi connectivity index (χ0n) is 28.9. The third kappa shape index (κ3) is 5.63. The number of aromatic amines is 2. The van der Waals surface area contributed by atoms with Crippen molar-refractivity contribution in [3.8, 4) is 33.4 Å². The van der Waals surface area contributed by atoms with Gasteiger partial charge in [-0.05, 0) is 91.4 Å². The van der Waals surface area contributed by atoms with E-state index < -0.39 is 0 Å². The van der Waals surface area contributed by atoms with Crippen molar-refractivity contribution in [3.63, 3.8) is 0 Å². The molecule has 3 aromatic carbocycles. The molecule has 0 spiro atoms. The first-order chi connectivity index (χ1) is 23.6. The lowest BCUT2D eigenvalue weighted by molar-refractivity contribution is 0.591. The fourth-order valence-electron chi connectivity index (χ4n) is 7.07. The van der Waals surface area contributed by atoms with Crippen molar-refractivity contribution in [2.24, 2.45) is 0 Å². The summed E-state index contributed by atoms with van der Waals surface area (Å²) in [7, 11) is 0. The van der Waals surface area contributed by atoms with Crippen molar-refractivity contribution in [3.05, 3.63) is 142 Å². The number of nitrogens with zero attached hydrogens (tertiary/aromatic N) is 2. The molecule has 4 heteroatoms. The summed E-state index contributed by atoms with van der Waals surface area (Å²) in [6, 6.07) is 35.0. The van der Waals surface area contributed by atoms with Gasteiger partial charge in [-0.3, -0.25) is 0 Å². The molecule has 0 fully saturated rings. The lowest BCUT2D eigenvalue weighted by Gasteiger charge is -2.20. The molecule has 8 bridgehead atoms. The van der Waals surface area contributed by atoms with Gasteiger partial charge in [0.1, 0.15) is 0 Å². The fourth-order valence-corrected chi connectivity index (χ4v) is 7.07. The summed E-state index contributed by atoms with van der Waals surface area (Å²) in [5.74, 6) is 0. The number of aryl methyl sites for hydroxylation is 3. The second kappa shape index (κ2) is 11.7. The third-order valence-corrected chi connectivity index (χ3v) is 9.52. The Hall–Kier alpha value is -5.74. The van der Waals surface area contributed by atoms with E-state index in [0.29, 0.717) is 0 Å². The highest BCUT2D eigenvalue weighted by Crippen LogP contribution is 2.38. The van der Waals surface area contributed by atoms with Crippen LogP contribution in [0.15, 0.2) is 97.1 Å². The van der Waals surface area contributed by atoms with Crippen LogP contribution < -0.4 is 0 Å². The highest BCUT2D eigenvalue weighted by atomic mass is 14.8. The minimum Gasteiger partial charge on any atom is -0.355 e. The van der Waals surface area contributed by atoms with E-state index in [1.807, 2.05) is 0 Å². The Balaban J connectivity index is 1.57. The highest BCUT2D eigenvalue weighted by molar-refractivity contribution is 5.98. The molecule has 240 valence electrons. The van der Waals surface area contributed by atoms with Gasteiger partial charge in [0.05, 0.1) is 22.8 Å². The second-order valence-corrected chi connectivity index (χ2v) is 14.4. The molecule has 6 aromatic rings. The van der Waals surface area contributed by atoms with Crippen molar-refractivity contribution < 1.29 is 0 Å². The number of benzene rings is 3. The molecule has 0 radical (unpaired) electrons. The average molecular weight is 637 g/mol. The van der Waals surface area contributed by atoms with Crippen molar-refractivity contribution in [1.29, 1.82) is 0 Å². The Morgan fingerprint density at radius 2 is 0.694 bits per heavy atom. The number of fused-ring (bicyclic) bond motifs is 8. The van der Waals surface area contributed by atoms with Crippen LogP contribution in [0, 0.1) is 20.8 Å². The molecule has 8 rings (SSSR count). The number of aromatic nitrogens is 4. The molecule has 0 amide bonds. The Kier molecular flexibility index (Phi) is 7.33. The van der Waals surface area contributed by atoms with Crippen LogP contribution in [0.2, 0.25) is 0 Å². The van der Waals surface area contributed by atoms with Crippen molar-refractivity contribution in [2.75, 3.05) is 0 Å².